The third kappa shape index (κ3) is 8.06. The molecule has 252 valence electrons. The fourth-order valence-electron chi connectivity index (χ4n) is 5.86. The lowest BCUT2D eigenvalue weighted by atomic mass is 9.85. The highest BCUT2D eigenvalue weighted by Gasteiger charge is 2.36. The summed E-state index contributed by atoms with van der Waals surface area (Å²) in [6.07, 6.45) is 8.17. The van der Waals surface area contributed by atoms with Crippen LogP contribution in [0.15, 0.2) is 61.3 Å². The van der Waals surface area contributed by atoms with Gasteiger partial charge in [0.1, 0.15) is 11.4 Å². The summed E-state index contributed by atoms with van der Waals surface area (Å²) in [5.41, 5.74) is 1.27. The summed E-state index contributed by atoms with van der Waals surface area (Å²) in [6.45, 7) is 0.786. The number of carbonyl (C=O) groups excluding carboxylic acids is 1. The maximum atomic E-state index is 13.7. The molecular weight excluding hydrogens is 625 g/mol. The van der Waals surface area contributed by atoms with E-state index in [2.05, 4.69) is 45.9 Å². The van der Waals surface area contributed by atoms with Crippen molar-refractivity contribution >= 4 is 23.6 Å². The first-order chi connectivity index (χ1) is 23.3. The quantitative estimate of drug-likeness (QED) is 0.172. The molecule has 0 spiro atoms. The summed E-state index contributed by atoms with van der Waals surface area (Å²) in [5, 5.41) is 9.14. The van der Waals surface area contributed by atoms with E-state index in [0.29, 0.717) is 61.8 Å². The predicted octanol–water partition coefficient (Wildman–Crippen LogP) is 6.10. The van der Waals surface area contributed by atoms with Gasteiger partial charge in [0.25, 0.3) is 0 Å². The number of carbonyl (C=O) groups is 1. The molecule has 0 atom stereocenters. The first-order valence-electron chi connectivity index (χ1n) is 16.0. The number of urea groups is 1. The predicted molar refractivity (Wildman–Crippen MR) is 173 cm³/mol. The Bertz CT molecular complexity index is 1650. The number of benzene rings is 1. The van der Waals surface area contributed by atoms with Gasteiger partial charge in [0, 0.05) is 49.3 Å². The van der Waals surface area contributed by atoms with Crippen LogP contribution in [0.3, 0.4) is 0 Å². The van der Waals surface area contributed by atoms with Crippen LogP contribution in [-0.4, -0.2) is 61.7 Å². The number of hydrogen-bond acceptors (Lipinski definition) is 10. The molecule has 0 aliphatic heterocycles. The van der Waals surface area contributed by atoms with Crippen molar-refractivity contribution in [2.45, 2.75) is 69.8 Å². The van der Waals surface area contributed by atoms with Crippen LogP contribution in [0.5, 0.6) is 6.01 Å². The minimum Gasteiger partial charge on any atom is -0.467 e. The van der Waals surface area contributed by atoms with Gasteiger partial charge in [-0.05, 0) is 50.0 Å². The van der Waals surface area contributed by atoms with E-state index in [1.165, 1.54) is 7.11 Å². The summed E-state index contributed by atoms with van der Waals surface area (Å²) < 4.78 is 46.0. The third-order valence-corrected chi connectivity index (χ3v) is 8.77. The summed E-state index contributed by atoms with van der Waals surface area (Å²) in [5.74, 6) is 0.690. The van der Waals surface area contributed by atoms with Crippen LogP contribution in [0.2, 0.25) is 0 Å². The zero-order valence-electron chi connectivity index (χ0n) is 26.5. The lowest BCUT2D eigenvalue weighted by molar-refractivity contribution is -0.137. The van der Waals surface area contributed by atoms with Crippen LogP contribution in [0.1, 0.15) is 56.1 Å². The van der Waals surface area contributed by atoms with Crippen molar-refractivity contribution in [3.63, 3.8) is 0 Å². The molecule has 2 saturated carbocycles. The monoisotopic (exact) mass is 662 g/mol. The minimum atomic E-state index is -4.56. The number of rotatable bonds is 11. The van der Waals surface area contributed by atoms with Crippen LogP contribution in [0.4, 0.5) is 35.5 Å². The van der Waals surface area contributed by atoms with E-state index in [1.54, 1.807) is 29.7 Å². The average molecular weight is 663 g/mol. The Labute approximate surface area is 276 Å². The van der Waals surface area contributed by atoms with E-state index in [1.807, 2.05) is 30.3 Å². The molecule has 0 radical (unpaired) electrons. The molecule has 6 rings (SSSR count). The molecule has 2 aliphatic rings. The molecule has 4 aromatic rings. The molecule has 48 heavy (non-hydrogen) atoms. The molecule has 1 aromatic carbocycles. The van der Waals surface area contributed by atoms with Crippen molar-refractivity contribution in [3.05, 3.63) is 72.4 Å². The smallest absolute Gasteiger partial charge is 0.421 e. The Hall–Kier alpha value is -5.08. The number of aromatic nitrogens is 6. The first kappa shape index (κ1) is 32.8. The third-order valence-electron chi connectivity index (χ3n) is 8.77. The number of ether oxygens (including phenoxy) is 1. The minimum absolute atomic E-state index is 0.0877. The summed E-state index contributed by atoms with van der Waals surface area (Å²) in [6, 6.07) is 9.25. The van der Waals surface area contributed by atoms with E-state index < -0.39 is 11.7 Å². The molecule has 0 bridgehead atoms. The van der Waals surface area contributed by atoms with Gasteiger partial charge in [0.2, 0.25) is 5.95 Å². The molecule has 2 amide bonds. The standard InChI is InChI=1S/C33H37F3N10O2/c1-48-31-41-16-23(17-42-31)27-19-38-28(20-37-27)46(32(47)43-15-21-6-3-2-4-7-21)25-12-10-24(11-13-25)44-30-40-18-26(33(34,35)36)29(45-30)39-14-22-8-5-9-22/h2-4,6-7,16-20,22,24-25H,5,8-15H2,1H3,(H,43,47)(H2,39,40,44,45)/t24-,25-. The maximum absolute atomic E-state index is 13.7. The average Bonchev–Trinajstić information content (AvgIpc) is 3.08. The van der Waals surface area contributed by atoms with E-state index >= 15 is 0 Å². The molecule has 3 heterocycles. The fraction of sp³-hybridized carbons (Fsp3) is 0.424. The van der Waals surface area contributed by atoms with Crippen LogP contribution < -0.4 is 25.6 Å². The molecule has 2 fully saturated rings. The van der Waals surface area contributed by atoms with Gasteiger partial charge >= 0.3 is 18.2 Å². The second kappa shape index (κ2) is 14.8. The van der Waals surface area contributed by atoms with Crippen molar-refractivity contribution in [3.8, 4) is 17.3 Å². The number of nitrogens with zero attached hydrogens (tertiary/aromatic N) is 7. The van der Waals surface area contributed by atoms with Crippen molar-refractivity contribution in [1.82, 2.24) is 35.2 Å². The molecule has 3 N–H and O–H groups in total. The first-order valence-corrected chi connectivity index (χ1v) is 16.0. The Morgan fingerprint density at radius 1 is 0.917 bits per heavy atom. The maximum Gasteiger partial charge on any atom is 0.421 e. The van der Waals surface area contributed by atoms with Crippen molar-refractivity contribution in [1.29, 1.82) is 0 Å². The van der Waals surface area contributed by atoms with E-state index in [-0.39, 0.29) is 35.9 Å². The zero-order chi connectivity index (χ0) is 33.5. The van der Waals surface area contributed by atoms with E-state index in [0.717, 1.165) is 31.0 Å². The molecule has 2 aliphatic carbocycles. The fourth-order valence-corrected chi connectivity index (χ4v) is 5.86. The normalized spacial score (nSPS) is 18.0. The van der Waals surface area contributed by atoms with Crippen molar-refractivity contribution in [2.75, 3.05) is 29.2 Å². The molecular formula is C33H37F3N10O2. The molecule has 3 aromatic heterocycles. The highest BCUT2D eigenvalue weighted by Crippen LogP contribution is 2.35. The van der Waals surface area contributed by atoms with Gasteiger partial charge in [0.05, 0.1) is 25.2 Å². The molecule has 15 heteroatoms. The molecule has 0 saturated heterocycles. The van der Waals surface area contributed by atoms with Crippen LogP contribution in [0.25, 0.3) is 11.3 Å². The number of alkyl halides is 3. The number of anilines is 3. The number of nitrogens with one attached hydrogen (secondary N) is 3. The van der Waals surface area contributed by atoms with E-state index in [4.69, 9.17) is 4.74 Å². The van der Waals surface area contributed by atoms with Gasteiger partial charge < -0.3 is 20.7 Å². The Morgan fingerprint density at radius 2 is 1.67 bits per heavy atom. The van der Waals surface area contributed by atoms with Crippen LogP contribution >= 0.6 is 0 Å². The van der Waals surface area contributed by atoms with E-state index in [9.17, 15) is 18.0 Å². The van der Waals surface area contributed by atoms with Gasteiger partial charge in [-0.15, -0.1) is 0 Å². The van der Waals surface area contributed by atoms with Gasteiger partial charge in [0.15, 0.2) is 5.82 Å². The van der Waals surface area contributed by atoms with Crippen LogP contribution in [-0.2, 0) is 12.7 Å². The van der Waals surface area contributed by atoms with Gasteiger partial charge in [-0.1, -0.05) is 36.8 Å². The second-order valence-corrected chi connectivity index (χ2v) is 12.0. The Balaban J connectivity index is 1.14. The van der Waals surface area contributed by atoms with Crippen LogP contribution in [0, 0.1) is 5.92 Å². The molecule has 0 unspecified atom stereocenters. The Kier molecular flexibility index (Phi) is 10.1. The highest BCUT2D eigenvalue weighted by molar-refractivity contribution is 5.91. The Morgan fingerprint density at radius 3 is 2.29 bits per heavy atom. The van der Waals surface area contributed by atoms with Gasteiger partial charge in [-0.25, -0.2) is 24.7 Å². The summed E-state index contributed by atoms with van der Waals surface area (Å²) >= 11 is 0. The highest BCUT2D eigenvalue weighted by atomic mass is 19.4. The SMILES string of the molecule is COc1ncc(-c2cnc(N(C(=O)NCc3ccccc3)[C@H]3CC[C@H](Nc4ncc(C(F)(F)F)c(NCC5CCC5)n4)CC3)cn2)cn1. The largest absolute Gasteiger partial charge is 0.467 e. The second-order valence-electron chi connectivity index (χ2n) is 12.0. The number of halogens is 3. The number of hydrogen-bond donors (Lipinski definition) is 3. The lowest BCUT2D eigenvalue weighted by Gasteiger charge is -2.36. The zero-order valence-corrected chi connectivity index (χ0v) is 26.5. The van der Waals surface area contributed by atoms with Gasteiger partial charge in [-0.2, -0.15) is 18.2 Å². The summed E-state index contributed by atoms with van der Waals surface area (Å²) in [7, 11) is 1.48. The summed E-state index contributed by atoms with van der Waals surface area (Å²) in [4.78, 5) is 40.9. The number of amides is 2. The van der Waals surface area contributed by atoms with Gasteiger partial charge in [-0.3, -0.25) is 9.88 Å². The lowest BCUT2D eigenvalue weighted by Crippen LogP contribution is -2.49. The topological polar surface area (TPSA) is 143 Å². The number of methoxy groups -OCH3 is 1. The van der Waals surface area contributed by atoms with Crippen molar-refractivity contribution < 1.29 is 22.7 Å². The van der Waals surface area contributed by atoms with Crippen molar-refractivity contribution in [2.24, 2.45) is 5.92 Å². The molecule has 12 nitrogen and oxygen atoms in total.